The van der Waals surface area contributed by atoms with Gasteiger partial charge in [-0.3, -0.25) is 0 Å². The predicted molar refractivity (Wildman–Crippen MR) is 83.4 cm³/mol. The van der Waals surface area contributed by atoms with Gasteiger partial charge in [0, 0.05) is 4.47 Å². The summed E-state index contributed by atoms with van der Waals surface area (Å²) in [5, 5.41) is 0. The number of hydrogen-bond acceptors (Lipinski definition) is 1. The van der Waals surface area contributed by atoms with Gasteiger partial charge in [0.2, 0.25) is 0 Å². The lowest BCUT2D eigenvalue weighted by atomic mass is 9.96. The van der Waals surface area contributed by atoms with E-state index in [0.29, 0.717) is 0 Å². The van der Waals surface area contributed by atoms with Crippen LogP contribution in [0.3, 0.4) is 0 Å². The minimum absolute atomic E-state index is 0.0547. The number of rotatable bonds is 2. The fraction of sp³-hybridized carbons (Fsp3) is 0.294. The molecule has 1 atom stereocenters. The molecule has 1 aliphatic carbocycles. The molecular weight excluding hydrogens is 298 g/mol. The van der Waals surface area contributed by atoms with E-state index < -0.39 is 0 Å². The molecule has 1 unspecified atom stereocenters. The second-order valence-electron chi connectivity index (χ2n) is 5.38. The molecule has 19 heavy (non-hydrogen) atoms. The summed E-state index contributed by atoms with van der Waals surface area (Å²) in [6.45, 7) is 2.09. The summed E-state index contributed by atoms with van der Waals surface area (Å²) < 4.78 is 1.10. The topological polar surface area (TPSA) is 26.0 Å². The van der Waals surface area contributed by atoms with Gasteiger partial charge >= 0.3 is 0 Å². The van der Waals surface area contributed by atoms with Gasteiger partial charge in [-0.2, -0.15) is 0 Å². The Bertz CT molecular complexity index is 619. The van der Waals surface area contributed by atoms with Gasteiger partial charge in [0.1, 0.15) is 0 Å². The Kier molecular flexibility index (Phi) is 3.46. The van der Waals surface area contributed by atoms with Crippen molar-refractivity contribution in [3.05, 3.63) is 68.7 Å². The lowest BCUT2D eigenvalue weighted by Gasteiger charge is -2.16. The number of hydrogen-bond donors (Lipinski definition) is 1. The van der Waals surface area contributed by atoms with E-state index in [1.165, 1.54) is 41.5 Å². The van der Waals surface area contributed by atoms with Gasteiger partial charge in [0.05, 0.1) is 6.04 Å². The van der Waals surface area contributed by atoms with Crippen LogP contribution in [0.4, 0.5) is 0 Å². The highest BCUT2D eigenvalue weighted by Gasteiger charge is 2.16. The van der Waals surface area contributed by atoms with Crippen LogP contribution in [0.2, 0.25) is 0 Å². The molecule has 1 aliphatic rings. The number of benzene rings is 2. The summed E-state index contributed by atoms with van der Waals surface area (Å²) in [4.78, 5) is 0. The molecule has 2 N–H and O–H groups in total. The van der Waals surface area contributed by atoms with Crippen LogP contribution in [0, 0.1) is 6.92 Å². The van der Waals surface area contributed by atoms with E-state index in [4.69, 9.17) is 5.73 Å². The van der Waals surface area contributed by atoms with Crippen molar-refractivity contribution in [1.29, 1.82) is 0 Å². The Labute approximate surface area is 123 Å². The van der Waals surface area contributed by atoms with E-state index in [1.54, 1.807) is 0 Å². The molecule has 2 aromatic carbocycles. The molecule has 0 amide bonds. The summed E-state index contributed by atoms with van der Waals surface area (Å²) in [6.07, 6.45) is 3.70. The molecule has 0 radical (unpaired) electrons. The maximum Gasteiger partial charge on any atom is 0.0562 e. The zero-order chi connectivity index (χ0) is 13.4. The maximum absolute atomic E-state index is 6.43. The molecule has 0 heterocycles. The van der Waals surface area contributed by atoms with Crippen molar-refractivity contribution in [3.8, 4) is 0 Å². The first kappa shape index (κ1) is 12.9. The molecule has 0 saturated carbocycles. The first-order chi connectivity index (χ1) is 9.15. The third kappa shape index (κ3) is 2.47. The number of halogens is 1. The van der Waals surface area contributed by atoms with Crippen molar-refractivity contribution >= 4 is 15.9 Å². The van der Waals surface area contributed by atoms with Crippen molar-refractivity contribution in [2.75, 3.05) is 0 Å². The molecule has 0 saturated heterocycles. The van der Waals surface area contributed by atoms with Gasteiger partial charge in [0.25, 0.3) is 0 Å². The third-order valence-electron chi connectivity index (χ3n) is 3.97. The van der Waals surface area contributed by atoms with Crippen LogP contribution < -0.4 is 5.73 Å². The van der Waals surface area contributed by atoms with E-state index in [0.717, 1.165) is 10.0 Å². The molecule has 2 aromatic rings. The second-order valence-corrected chi connectivity index (χ2v) is 6.24. The summed E-state index contributed by atoms with van der Waals surface area (Å²) in [5.74, 6) is 0. The summed E-state index contributed by atoms with van der Waals surface area (Å²) in [5.41, 5.74) is 13.0. The monoisotopic (exact) mass is 315 g/mol. The first-order valence-electron chi connectivity index (χ1n) is 6.78. The molecule has 0 aliphatic heterocycles. The van der Waals surface area contributed by atoms with Crippen molar-refractivity contribution in [1.82, 2.24) is 0 Å². The molecule has 0 bridgehead atoms. The molecule has 0 spiro atoms. The molecule has 0 aromatic heterocycles. The first-order valence-corrected chi connectivity index (χ1v) is 7.58. The van der Waals surface area contributed by atoms with Gasteiger partial charge in [-0.15, -0.1) is 0 Å². The van der Waals surface area contributed by atoms with Crippen LogP contribution in [0.5, 0.6) is 0 Å². The van der Waals surface area contributed by atoms with E-state index in [9.17, 15) is 0 Å². The third-order valence-corrected chi connectivity index (χ3v) is 4.66. The Hall–Kier alpha value is -1.12. The average Bonchev–Trinajstić information content (AvgIpc) is 2.85. The largest absolute Gasteiger partial charge is 0.320 e. The van der Waals surface area contributed by atoms with Crippen LogP contribution in [0.15, 0.2) is 40.9 Å². The summed E-state index contributed by atoms with van der Waals surface area (Å²) in [6, 6.07) is 13.0. The normalized spacial score (nSPS) is 15.3. The van der Waals surface area contributed by atoms with Gasteiger partial charge in [-0.05, 0) is 60.1 Å². The fourth-order valence-corrected chi connectivity index (χ4v) is 3.59. The van der Waals surface area contributed by atoms with Crippen LogP contribution in [-0.2, 0) is 12.8 Å². The number of nitrogens with two attached hydrogens (primary N) is 1. The van der Waals surface area contributed by atoms with Gasteiger partial charge in [-0.25, -0.2) is 0 Å². The van der Waals surface area contributed by atoms with Crippen molar-refractivity contribution in [3.63, 3.8) is 0 Å². The predicted octanol–water partition coefficient (Wildman–Crippen LogP) is 4.29. The van der Waals surface area contributed by atoms with E-state index >= 15 is 0 Å². The Balaban J connectivity index is 1.97. The fourth-order valence-electron chi connectivity index (χ4n) is 2.85. The molecule has 0 fully saturated rings. The Morgan fingerprint density at radius 1 is 1.05 bits per heavy atom. The smallest absolute Gasteiger partial charge is 0.0562 e. The Morgan fingerprint density at radius 2 is 1.84 bits per heavy atom. The van der Waals surface area contributed by atoms with Crippen LogP contribution in [0.1, 0.15) is 40.3 Å². The van der Waals surface area contributed by atoms with Gasteiger partial charge < -0.3 is 5.73 Å². The molecule has 98 valence electrons. The highest BCUT2D eigenvalue weighted by molar-refractivity contribution is 9.10. The lowest BCUT2D eigenvalue weighted by molar-refractivity contribution is 0.861. The van der Waals surface area contributed by atoms with Crippen molar-refractivity contribution < 1.29 is 0 Å². The number of fused-ring (bicyclic) bond motifs is 1. The van der Waals surface area contributed by atoms with Crippen molar-refractivity contribution in [2.45, 2.75) is 32.2 Å². The SMILES string of the molecule is Cc1ccc(C(N)c2ccc3c(c2)CCC3)c(Br)c1. The van der Waals surface area contributed by atoms with E-state index in [1.807, 2.05) is 0 Å². The Morgan fingerprint density at radius 3 is 2.63 bits per heavy atom. The maximum atomic E-state index is 6.43. The minimum Gasteiger partial charge on any atom is -0.320 e. The van der Waals surface area contributed by atoms with E-state index in [-0.39, 0.29) is 6.04 Å². The van der Waals surface area contributed by atoms with Crippen LogP contribution in [0.25, 0.3) is 0 Å². The second kappa shape index (κ2) is 5.10. The number of aryl methyl sites for hydroxylation is 3. The van der Waals surface area contributed by atoms with Crippen LogP contribution >= 0.6 is 15.9 Å². The highest BCUT2D eigenvalue weighted by Crippen LogP contribution is 2.30. The zero-order valence-electron chi connectivity index (χ0n) is 11.1. The van der Waals surface area contributed by atoms with Crippen LogP contribution in [-0.4, -0.2) is 0 Å². The molecule has 2 heteroatoms. The molecular formula is C17H18BrN. The minimum atomic E-state index is -0.0547. The highest BCUT2D eigenvalue weighted by atomic mass is 79.9. The molecule has 1 nitrogen and oxygen atoms in total. The standard InChI is InChI=1S/C17H18BrN/c1-11-5-8-15(16(18)9-11)17(19)14-7-6-12-3-2-4-13(12)10-14/h5-10,17H,2-4,19H2,1H3. The lowest BCUT2D eigenvalue weighted by Crippen LogP contribution is -2.13. The summed E-state index contributed by atoms with van der Waals surface area (Å²) in [7, 11) is 0. The van der Waals surface area contributed by atoms with E-state index in [2.05, 4.69) is 59.3 Å². The average molecular weight is 316 g/mol. The van der Waals surface area contributed by atoms with Crippen molar-refractivity contribution in [2.24, 2.45) is 5.73 Å². The molecule has 3 rings (SSSR count). The van der Waals surface area contributed by atoms with Gasteiger partial charge in [0.15, 0.2) is 0 Å². The summed E-state index contributed by atoms with van der Waals surface area (Å²) >= 11 is 3.63. The quantitative estimate of drug-likeness (QED) is 0.878. The zero-order valence-corrected chi connectivity index (χ0v) is 12.7. The van der Waals surface area contributed by atoms with Gasteiger partial charge in [-0.1, -0.05) is 46.3 Å².